The van der Waals surface area contributed by atoms with E-state index in [2.05, 4.69) is 26.2 Å². The minimum atomic E-state index is -3.18. The van der Waals surface area contributed by atoms with Crippen molar-refractivity contribution in [2.24, 2.45) is 5.92 Å². The Morgan fingerprint density at radius 3 is 2.75 bits per heavy atom. The number of aromatic nitrogens is 3. The van der Waals surface area contributed by atoms with Gasteiger partial charge in [0.2, 0.25) is 8.41 Å². The topological polar surface area (TPSA) is 80.5 Å². The van der Waals surface area contributed by atoms with Crippen LogP contribution < -0.4 is 4.90 Å². The molecule has 7 nitrogen and oxygen atoms in total. The number of aryl methyl sites for hydroxylation is 2. The fourth-order valence-electron chi connectivity index (χ4n) is 5.58. The van der Waals surface area contributed by atoms with Gasteiger partial charge in [-0.15, -0.1) is 5.10 Å². The van der Waals surface area contributed by atoms with Crippen LogP contribution in [0.15, 0.2) is 22.8 Å². The monoisotopic (exact) mass is 524 g/mol. The summed E-state index contributed by atoms with van der Waals surface area (Å²) in [4.78, 5) is 15.3. The van der Waals surface area contributed by atoms with E-state index in [4.69, 9.17) is 9.84 Å². The molecule has 1 aromatic heterocycles. The highest BCUT2D eigenvalue weighted by Gasteiger charge is 2.66. The third-order valence-electron chi connectivity index (χ3n) is 6.87. The zero-order valence-electron chi connectivity index (χ0n) is 19.1. The summed E-state index contributed by atoms with van der Waals surface area (Å²) in [6.07, 6.45) is 2.35. The number of benzene rings is 1. The number of halogens is 2. The number of aliphatic hydroxyl groups is 1. The average Bonchev–Trinajstić information content (AvgIpc) is 3.32. The standard InChI is InChI=1S/C22H30BrFN4O3Si/c1-13-10-16-19(17(23)11-13)27(3)21(30)22(16)14(2)20(32(4,5)24)18(31-22)6-8-28-12-15(7-9-29)25-26-28/h10-12,14,18,20,29H,6-9H2,1-5H3/t14-,18+,20-,22+/m1/s1. The first-order valence-corrected chi connectivity index (χ1v) is 14.7. The summed E-state index contributed by atoms with van der Waals surface area (Å²) in [5, 5.41) is 17.3. The number of aliphatic hydroxyl groups excluding tert-OH is 1. The van der Waals surface area contributed by atoms with Gasteiger partial charge >= 0.3 is 0 Å². The van der Waals surface area contributed by atoms with E-state index >= 15 is 4.11 Å². The number of ether oxygens (including phenoxy) is 1. The number of carbonyl (C=O) groups is 1. The molecule has 2 aliphatic heterocycles. The predicted octanol–water partition coefficient (Wildman–Crippen LogP) is 3.73. The molecule has 0 unspecified atom stereocenters. The maximum absolute atomic E-state index is 15.7. The van der Waals surface area contributed by atoms with E-state index < -0.39 is 20.1 Å². The number of amides is 1. The van der Waals surface area contributed by atoms with E-state index in [9.17, 15) is 4.79 Å². The first-order chi connectivity index (χ1) is 15.0. The van der Waals surface area contributed by atoms with Gasteiger partial charge in [-0.05, 0) is 54.0 Å². The van der Waals surface area contributed by atoms with Gasteiger partial charge in [0.25, 0.3) is 5.91 Å². The molecule has 1 amide bonds. The van der Waals surface area contributed by atoms with Gasteiger partial charge in [0.1, 0.15) is 0 Å². The fraction of sp³-hybridized carbons (Fsp3) is 0.591. The van der Waals surface area contributed by atoms with Crippen LogP contribution in [0.25, 0.3) is 0 Å². The first-order valence-electron chi connectivity index (χ1n) is 11.0. The predicted molar refractivity (Wildman–Crippen MR) is 126 cm³/mol. The molecule has 3 heterocycles. The van der Waals surface area contributed by atoms with Gasteiger partial charge in [0.15, 0.2) is 5.60 Å². The zero-order chi connectivity index (χ0) is 23.4. The Morgan fingerprint density at radius 2 is 2.09 bits per heavy atom. The molecule has 4 rings (SSSR count). The maximum Gasteiger partial charge on any atom is 0.264 e. The number of carbonyl (C=O) groups excluding carboxylic acids is 1. The molecular formula is C22H30BrFN4O3Si. The summed E-state index contributed by atoms with van der Waals surface area (Å²) in [6.45, 7) is 7.87. The van der Waals surface area contributed by atoms with Crippen molar-refractivity contribution in [2.45, 2.75) is 63.6 Å². The summed E-state index contributed by atoms with van der Waals surface area (Å²) in [7, 11) is -1.42. The van der Waals surface area contributed by atoms with Gasteiger partial charge in [-0.25, -0.2) is 0 Å². The van der Waals surface area contributed by atoms with Crippen LogP contribution in [0.4, 0.5) is 9.80 Å². The highest BCUT2D eigenvalue weighted by molar-refractivity contribution is 9.10. The molecule has 1 fully saturated rings. The molecular weight excluding hydrogens is 495 g/mol. The minimum absolute atomic E-state index is 0.0121. The fourth-order valence-corrected chi connectivity index (χ4v) is 8.97. The lowest BCUT2D eigenvalue weighted by Crippen LogP contribution is -2.44. The molecule has 4 atom stereocenters. The van der Waals surface area contributed by atoms with Crippen LogP contribution in [0.3, 0.4) is 0 Å². The average molecular weight is 525 g/mol. The molecule has 0 radical (unpaired) electrons. The molecule has 1 saturated heterocycles. The van der Waals surface area contributed by atoms with Gasteiger partial charge in [-0.1, -0.05) is 18.2 Å². The third kappa shape index (κ3) is 3.65. The van der Waals surface area contributed by atoms with E-state index in [0.717, 1.165) is 21.3 Å². The summed E-state index contributed by atoms with van der Waals surface area (Å²) < 4.78 is 24.9. The molecule has 32 heavy (non-hydrogen) atoms. The Bertz CT molecular complexity index is 1040. The third-order valence-corrected chi connectivity index (χ3v) is 9.93. The molecule has 2 aliphatic rings. The van der Waals surface area contributed by atoms with Crippen molar-refractivity contribution in [3.8, 4) is 0 Å². The van der Waals surface area contributed by atoms with Crippen molar-refractivity contribution in [3.05, 3.63) is 39.6 Å². The van der Waals surface area contributed by atoms with Crippen molar-refractivity contribution < 1.29 is 18.7 Å². The second-order valence-corrected chi connectivity index (χ2v) is 14.2. The Kier molecular flexibility index (Phi) is 6.11. The quantitative estimate of drug-likeness (QED) is 0.460. The van der Waals surface area contributed by atoms with Crippen LogP contribution in [-0.2, 0) is 28.1 Å². The normalized spacial score (nSPS) is 27.6. The molecule has 0 aliphatic carbocycles. The van der Waals surface area contributed by atoms with Gasteiger partial charge < -0.3 is 18.9 Å². The van der Waals surface area contributed by atoms with Crippen LogP contribution in [0, 0.1) is 12.8 Å². The van der Waals surface area contributed by atoms with E-state index in [1.807, 2.05) is 26.0 Å². The van der Waals surface area contributed by atoms with Crippen LogP contribution in [0.2, 0.25) is 18.6 Å². The summed E-state index contributed by atoms with van der Waals surface area (Å²) >= 11 is 3.61. The van der Waals surface area contributed by atoms with E-state index in [0.29, 0.717) is 25.1 Å². The zero-order valence-corrected chi connectivity index (χ0v) is 21.7. The second kappa shape index (κ2) is 8.30. The molecule has 2 aromatic rings. The summed E-state index contributed by atoms with van der Waals surface area (Å²) in [5.74, 6) is -0.437. The highest BCUT2D eigenvalue weighted by atomic mass is 79.9. The largest absolute Gasteiger partial charge is 0.396 e. The minimum Gasteiger partial charge on any atom is -0.396 e. The van der Waals surface area contributed by atoms with Gasteiger partial charge in [-0.3, -0.25) is 9.48 Å². The van der Waals surface area contributed by atoms with Crippen molar-refractivity contribution in [1.82, 2.24) is 15.0 Å². The van der Waals surface area contributed by atoms with Crippen molar-refractivity contribution in [2.75, 3.05) is 18.6 Å². The lowest BCUT2D eigenvalue weighted by molar-refractivity contribution is -0.145. The van der Waals surface area contributed by atoms with Gasteiger partial charge in [0, 0.05) is 54.3 Å². The SMILES string of the molecule is Cc1cc(Br)c2c(c1)[C@]1(O[C@@H](CCn3cc(CCO)nn3)[C@H]([Si](C)(C)F)[C@H]1C)C(=O)N2C. The highest BCUT2D eigenvalue weighted by Crippen LogP contribution is 2.60. The lowest BCUT2D eigenvalue weighted by Gasteiger charge is -2.31. The van der Waals surface area contributed by atoms with E-state index in [1.54, 1.807) is 35.9 Å². The molecule has 1 N–H and O–H groups in total. The van der Waals surface area contributed by atoms with Crippen LogP contribution in [0.5, 0.6) is 0 Å². The molecule has 1 spiro atoms. The Morgan fingerprint density at radius 1 is 1.38 bits per heavy atom. The smallest absolute Gasteiger partial charge is 0.264 e. The Hall–Kier alpha value is -1.62. The van der Waals surface area contributed by atoms with Crippen LogP contribution >= 0.6 is 15.9 Å². The number of fused-ring (bicyclic) bond motifs is 2. The van der Waals surface area contributed by atoms with Crippen molar-refractivity contribution >= 4 is 35.9 Å². The molecule has 174 valence electrons. The first kappa shape index (κ1) is 23.5. The summed E-state index contributed by atoms with van der Waals surface area (Å²) in [6, 6.07) is 3.99. The van der Waals surface area contributed by atoms with E-state index in [1.165, 1.54) is 0 Å². The van der Waals surface area contributed by atoms with Crippen LogP contribution in [-0.4, -0.2) is 54.2 Å². The maximum atomic E-state index is 15.7. The van der Waals surface area contributed by atoms with Crippen LogP contribution in [0.1, 0.15) is 30.2 Å². The van der Waals surface area contributed by atoms with Gasteiger partial charge in [-0.2, -0.15) is 0 Å². The van der Waals surface area contributed by atoms with Gasteiger partial charge in [0.05, 0.1) is 17.5 Å². The number of rotatable bonds is 6. The number of nitrogens with zero attached hydrogens (tertiary/aromatic N) is 4. The molecule has 10 heteroatoms. The number of hydrogen-bond acceptors (Lipinski definition) is 5. The van der Waals surface area contributed by atoms with E-state index in [-0.39, 0.29) is 24.0 Å². The Balaban J connectivity index is 1.70. The number of hydrogen-bond donors (Lipinski definition) is 1. The lowest BCUT2D eigenvalue weighted by atomic mass is 9.82. The number of anilines is 1. The molecule has 0 saturated carbocycles. The molecule has 1 aromatic carbocycles. The van der Waals surface area contributed by atoms with Crippen molar-refractivity contribution in [3.63, 3.8) is 0 Å². The second-order valence-electron chi connectivity index (χ2n) is 9.51. The summed E-state index contributed by atoms with van der Waals surface area (Å²) in [5.41, 5.74) is 1.82. The Labute approximate surface area is 197 Å². The number of likely N-dealkylation sites (N-methyl/N-ethyl adjacent to an activating group) is 1. The van der Waals surface area contributed by atoms with Crippen molar-refractivity contribution in [1.29, 1.82) is 0 Å². The molecule has 0 bridgehead atoms.